The number of esters is 1. The molecule has 0 fully saturated rings. The Bertz CT molecular complexity index is 1310. The van der Waals surface area contributed by atoms with E-state index in [-0.39, 0.29) is 36.6 Å². The van der Waals surface area contributed by atoms with E-state index in [1.807, 2.05) is 0 Å². The van der Waals surface area contributed by atoms with Crippen LogP contribution in [-0.4, -0.2) is 16.1 Å². The lowest BCUT2D eigenvalue weighted by Gasteiger charge is -2.09. The summed E-state index contributed by atoms with van der Waals surface area (Å²) < 4.78 is 29.1. The van der Waals surface area contributed by atoms with Crippen molar-refractivity contribution in [3.63, 3.8) is 0 Å². The minimum Gasteiger partial charge on any atom is -0.508 e. The van der Waals surface area contributed by atoms with E-state index in [0.29, 0.717) is 33.7 Å². The molecular weight excluding hydrogens is 405 g/mol. The average Bonchev–Trinajstić information content (AvgIpc) is 3.23. The number of halogens is 1. The number of carbonyl (C=O) groups is 1. The number of aromatic hydroxyl groups is 1. The van der Waals surface area contributed by atoms with Crippen LogP contribution in [0.5, 0.6) is 5.75 Å². The summed E-state index contributed by atoms with van der Waals surface area (Å²) >= 11 is 0. The van der Waals surface area contributed by atoms with Crippen LogP contribution in [-0.2, 0) is 22.6 Å². The van der Waals surface area contributed by atoms with Gasteiger partial charge in [0.2, 0.25) is 0 Å². The first-order chi connectivity index (χ1) is 14.9. The summed E-state index contributed by atoms with van der Waals surface area (Å²) in [6, 6.07) is 10.2. The van der Waals surface area contributed by atoms with Gasteiger partial charge in [0.1, 0.15) is 23.8 Å². The van der Waals surface area contributed by atoms with E-state index in [9.17, 15) is 19.1 Å². The fraction of sp³-hybridized carbons (Fsp3) is 0.174. The fourth-order valence-corrected chi connectivity index (χ4v) is 3.15. The second kappa shape index (κ2) is 8.43. The lowest BCUT2D eigenvalue weighted by Crippen LogP contribution is -2.08. The van der Waals surface area contributed by atoms with Crippen molar-refractivity contribution in [2.45, 2.75) is 26.4 Å². The summed E-state index contributed by atoms with van der Waals surface area (Å²) in [4.78, 5) is 28.1. The maximum atomic E-state index is 13.0. The molecular formula is C23H18FNO6. The Balaban J connectivity index is 1.39. The Labute approximate surface area is 175 Å². The molecule has 2 heterocycles. The van der Waals surface area contributed by atoms with Gasteiger partial charge in [0, 0.05) is 34.6 Å². The molecule has 31 heavy (non-hydrogen) atoms. The third-order valence-electron chi connectivity index (χ3n) is 4.83. The third-order valence-corrected chi connectivity index (χ3v) is 4.83. The Kier molecular flexibility index (Phi) is 5.53. The van der Waals surface area contributed by atoms with Crippen molar-refractivity contribution in [2.75, 3.05) is 0 Å². The first-order valence-electron chi connectivity index (χ1n) is 9.52. The van der Waals surface area contributed by atoms with Crippen LogP contribution in [0.25, 0.3) is 22.3 Å². The van der Waals surface area contributed by atoms with E-state index in [1.54, 1.807) is 25.1 Å². The van der Waals surface area contributed by atoms with Gasteiger partial charge in [-0.3, -0.25) is 4.79 Å². The molecule has 8 heteroatoms. The molecule has 0 saturated heterocycles. The molecule has 2 aromatic heterocycles. The first kappa shape index (κ1) is 20.3. The van der Waals surface area contributed by atoms with Crippen LogP contribution >= 0.6 is 0 Å². The molecule has 0 radical (unpaired) electrons. The predicted octanol–water partition coefficient (Wildman–Crippen LogP) is 4.28. The first-order valence-corrected chi connectivity index (χ1v) is 9.52. The highest BCUT2D eigenvalue weighted by atomic mass is 19.1. The van der Waals surface area contributed by atoms with Gasteiger partial charge in [-0.05, 0) is 43.3 Å². The van der Waals surface area contributed by atoms with Crippen molar-refractivity contribution in [1.82, 2.24) is 4.98 Å². The SMILES string of the molecule is Cc1c(O)ccc2c(COC(=O)CCc3ncc(-c4ccc(F)cc4)o3)cc(=O)oc12. The number of hydrogen-bond acceptors (Lipinski definition) is 7. The number of phenols is 1. The number of phenolic OH excluding ortho intramolecular Hbond substituents is 1. The molecule has 1 N–H and O–H groups in total. The Hall–Kier alpha value is -3.94. The van der Waals surface area contributed by atoms with Crippen LogP contribution in [0.4, 0.5) is 4.39 Å². The highest BCUT2D eigenvalue weighted by Gasteiger charge is 2.14. The van der Waals surface area contributed by atoms with Gasteiger partial charge in [0.05, 0.1) is 12.6 Å². The normalized spacial score (nSPS) is 11.0. The number of ether oxygens (including phenoxy) is 1. The van der Waals surface area contributed by atoms with Crippen molar-refractivity contribution < 1.29 is 27.9 Å². The Morgan fingerprint density at radius 1 is 1.16 bits per heavy atom. The molecule has 7 nitrogen and oxygen atoms in total. The molecule has 0 spiro atoms. The summed E-state index contributed by atoms with van der Waals surface area (Å²) in [5.41, 5.74) is 1.26. The zero-order chi connectivity index (χ0) is 22.0. The van der Waals surface area contributed by atoms with Gasteiger partial charge >= 0.3 is 11.6 Å². The van der Waals surface area contributed by atoms with E-state index >= 15 is 0 Å². The molecule has 0 unspecified atom stereocenters. The molecule has 0 atom stereocenters. The number of aromatic nitrogens is 1. The van der Waals surface area contributed by atoms with E-state index in [2.05, 4.69) is 4.98 Å². The van der Waals surface area contributed by atoms with Gasteiger partial charge in [0.25, 0.3) is 0 Å². The number of aryl methyl sites for hydroxylation is 2. The van der Waals surface area contributed by atoms with Crippen molar-refractivity contribution in [2.24, 2.45) is 0 Å². The molecule has 4 rings (SSSR count). The van der Waals surface area contributed by atoms with Crippen molar-refractivity contribution >= 4 is 16.9 Å². The summed E-state index contributed by atoms with van der Waals surface area (Å²) in [6.45, 7) is 1.52. The lowest BCUT2D eigenvalue weighted by atomic mass is 10.1. The fourth-order valence-electron chi connectivity index (χ4n) is 3.15. The number of hydrogen-bond donors (Lipinski definition) is 1. The molecule has 4 aromatic rings. The predicted molar refractivity (Wildman–Crippen MR) is 109 cm³/mol. The molecule has 158 valence electrons. The van der Waals surface area contributed by atoms with Gasteiger partial charge in [-0.2, -0.15) is 0 Å². The molecule has 0 saturated carbocycles. The van der Waals surface area contributed by atoms with Crippen LogP contribution in [0, 0.1) is 12.7 Å². The van der Waals surface area contributed by atoms with Crippen LogP contribution < -0.4 is 5.63 Å². The summed E-state index contributed by atoms with van der Waals surface area (Å²) in [7, 11) is 0. The quantitative estimate of drug-likeness (QED) is 0.365. The number of fused-ring (bicyclic) bond motifs is 1. The largest absolute Gasteiger partial charge is 0.508 e. The third kappa shape index (κ3) is 4.48. The Morgan fingerprint density at radius 3 is 2.71 bits per heavy atom. The molecule has 0 bridgehead atoms. The summed E-state index contributed by atoms with van der Waals surface area (Å²) in [5, 5.41) is 10.4. The lowest BCUT2D eigenvalue weighted by molar-refractivity contribution is -0.144. The number of nitrogens with zero attached hydrogens (tertiary/aromatic N) is 1. The number of benzene rings is 2. The van der Waals surface area contributed by atoms with Gasteiger partial charge < -0.3 is 18.7 Å². The standard InChI is InChI=1S/C23H18FNO6/c1-13-18(26)7-6-17-15(10-22(28)31-23(13)17)12-29-21(27)9-8-20-25-11-19(30-20)14-2-4-16(24)5-3-14/h2-7,10-11,26H,8-9,12H2,1H3. The smallest absolute Gasteiger partial charge is 0.336 e. The highest BCUT2D eigenvalue weighted by molar-refractivity contribution is 5.85. The molecule has 0 amide bonds. The molecule has 0 aliphatic carbocycles. The van der Waals surface area contributed by atoms with E-state index in [1.165, 1.54) is 30.5 Å². The molecule has 2 aromatic carbocycles. The second-order valence-corrected chi connectivity index (χ2v) is 6.96. The van der Waals surface area contributed by atoms with Crippen molar-refractivity contribution in [3.05, 3.63) is 81.9 Å². The molecule has 0 aliphatic rings. The van der Waals surface area contributed by atoms with Crippen LogP contribution in [0.3, 0.4) is 0 Å². The van der Waals surface area contributed by atoms with Gasteiger partial charge in [-0.15, -0.1) is 0 Å². The average molecular weight is 423 g/mol. The topological polar surface area (TPSA) is 103 Å². The summed E-state index contributed by atoms with van der Waals surface area (Å²) in [5.74, 6) is 0.00832. The zero-order valence-electron chi connectivity index (χ0n) is 16.6. The second-order valence-electron chi connectivity index (χ2n) is 6.96. The minimum atomic E-state index is -0.597. The molecule has 0 aliphatic heterocycles. The van der Waals surface area contributed by atoms with Gasteiger partial charge in [-0.1, -0.05) is 0 Å². The van der Waals surface area contributed by atoms with Gasteiger partial charge in [-0.25, -0.2) is 14.2 Å². The van der Waals surface area contributed by atoms with E-state index < -0.39 is 11.6 Å². The summed E-state index contributed by atoms with van der Waals surface area (Å²) in [6.07, 6.45) is 1.77. The van der Waals surface area contributed by atoms with Crippen LogP contribution in [0.1, 0.15) is 23.4 Å². The number of carbonyl (C=O) groups excluding carboxylic acids is 1. The maximum absolute atomic E-state index is 13.0. The van der Waals surface area contributed by atoms with Crippen molar-refractivity contribution in [3.8, 4) is 17.1 Å². The maximum Gasteiger partial charge on any atom is 0.336 e. The monoisotopic (exact) mass is 423 g/mol. The van der Waals surface area contributed by atoms with Crippen LogP contribution in [0.2, 0.25) is 0 Å². The Morgan fingerprint density at radius 2 is 1.94 bits per heavy atom. The van der Waals surface area contributed by atoms with Crippen molar-refractivity contribution in [1.29, 1.82) is 0 Å². The highest BCUT2D eigenvalue weighted by Crippen LogP contribution is 2.27. The van der Waals surface area contributed by atoms with E-state index in [4.69, 9.17) is 13.6 Å². The zero-order valence-corrected chi connectivity index (χ0v) is 16.6. The number of oxazole rings is 1. The van der Waals surface area contributed by atoms with Gasteiger partial charge in [0.15, 0.2) is 11.7 Å². The van der Waals surface area contributed by atoms with E-state index in [0.717, 1.165) is 0 Å². The van der Waals surface area contributed by atoms with Crippen LogP contribution in [0.15, 0.2) is 62.3 Å². The number of rotatable bonds is 6. The minimum absolute atomic E-state index is 0.00995.